The van der Waals surface area contributed by atoms with Crippen LogP contribution < -0.4 is 0 Å². The van der Waals surface area contributed by atoms with E-state index in [4.69, 9.17) is 0 Å². The summed E-state index contributed by atoms with van der Waals surface area (Å²) in [4.78, 5) is 11.5. The van der Waals surface area contributed by atoms with E-state index in [1.165, 1.54) is 7.11 Å². The summed E-state index contributed by atoms with van der Waals surface area (Å²) >= 11 is 0. The normalized spacial score (nSPS) is 24.2. The maximum absolute atomic E-state index is 12.2. The first-order valence-corrected chi connectivity index (χ1v) is 7.01. The number of carbonyl (C=O) groups excluding carboxylic acids is 1. The molecule has 0 saturated carbocycles. The molecule has 0 unspecified atom stereocenters. The van der Waals surface area contributed by atoms with Crippen molar-refractivity contribution in [3.05, 3.63) is 35.9 Å². The maximum atomic E-state index is 12.2. The Morgan fingerprint density at radius 2 is 1.83 bits per heavy atom. The molecule has 0 spiro atoms. The van der Waals surface area contributed by atoms with E-state index in [0.29, 0.717) is 5.56 Å². The summed E-state index contributed by atoms with van der Waals surface area (Å²) in [6.07, 6.45) is -0.841. The number of ether oxygens (including phenoxy) is 1. The summed E-state index contributed by atoms with van der Waals surface area (Å²) in [5.41, 5.74) is -0.129. The summed E-state index contributed by atoms with van der Waals surface area (Å²) in [6, 6.07) is 8.88. The fraction of sp³-hybridized carbons (Fsp3) is 0.417. The van der Waals surface area contributed by atoms with Gasteiger partial charge in [0.2, 0.25) is 10.0 Å². The van der Waals surface area contributed by atoms with Crippen LogP contribution in [0.25, 0.3) is 0 Å². The van der Waals surface area contributed by atoms with Gasteiger partial charge in [0.25, 0.3) is 0 Å². The van der Waals surface area contributed by atoms with E-state index >= 15 is 0 Å². The molecule has 0 radical (unpaired) electrons. The van der Waals surface area contributed by atoms with Crippen molar-refractivity contribution in [2.24, 2.45) is 0 Å². The lowest BCUT2D eigenvalue weighted by molar-refractivity contribution is 0.0995. The number of hydrogen-bond acceptors (Lipinski definition) is 4. The lowest BCUT2D eigenvalue weighted by atomic mass is 9.93. The molecule has 18 heavy (non-hydrogen) atoms. The smallest absolute Gasteiger partial charge is 0.423 e. The molecule has 1 atom stereocenters. The number of rotatable bonds is 1. The number of carbonyl (C=O) groups is 1. The van der Waals surface area contributed by atoms with E-state index in [1.807, 2.05) is 6.07 Å². The van der Waals surface area contributed by atoms with Gasteiger partial charge in [0, 0.05) is 0 Å². The second-order valence-electron chi connectivity index (χ2n) is 4.72. The van der Waals surface area contributed by atoms with Crippen LogP contribution in [0, 0.1) is 0 Å². The minimum absolute atomic E-state index is 0.683. The number of hydrogen-bond donors (Lipinski definition) is 0. The van der Waals surface area contributed by atoms with Crippen molar-refractivity contribution >= 4 is 16.1 Å². The van der Waals surface area contributed by atoms with Crippen LogP contribution in [0.15, 0.2) is 30.3 Å². The van der Waals surface area contributed by atoms with Gasteiger partial charge in [-0.25, -0.2) is 13.2 Å². The Labute approximate surface area is 106 Å². The molecule has 1 aromatic rings. The summed E-state index contributed by atoms with van der Waals surface area (Å²) in [5, 5.41) is -0.717. The summed E-state index contributed by atoms with van der Waals surface area (Å²) < 4.78 is 29.7. The molecule has 1 aliphatic rings. The van der Waals surface area contributed by atoms with Gasteiger partial charge in [-0.05, 0) is 19.4 Å². The molecule has 1 heterocycles. The quantitative estimate of drug-likeness (QED) is 0.781. The zero-order valence-corrected chi connectivity index (χ0v) is 11.3. The third kappa shape index (κ3) is 1.59. The van der Waals surface area contributed by atoms with Crippen molar-refractivity contribution in [1.82, 2.24) is 4.31 Å². The minimum Gasteiger partial charge on any atom is -0.452 e. The summed E-state index contributed by atoms with van der Waals surface area (Å²) in [7, 11) is -2.51. The van der Waals surface area contributed by atoms with Gasteiger partial charge in [-0.15, -0.1) is 0 Å². The predicted octanol–water partition coefficient (Wildman–Crippen LogP) is 1.92. The van der Waals surface area contributed by atoms with Gasteiger partial charge in [0.05, 0.1) is 12.6 Å². The highest BCUT2D eigenvalue weighted by molar-refractivity contribution is 7.91. The van der Waals surface area contributed by atoms with E-state index in [2.05, 4.69) is 4.74 Å². The zero-order chi connectivity index (χ0) is 13.6. The highest BCUT2D eigenvalue weighted by Crippen LogP contribution is 2.50. The topological polar surface area (TPSA) is 63.7 Å². The Kier molecular flexibility index (Phi) is 2.85. The standard InChI is InChI=1S/C12H15NO4S/c1-12(2)10(9-7-5-4-6-8-9)18(15,16)13(12)11(14)17-3/h4-8,10H,1-3H3/t10-/m1/s1. The second kappa shape index (κ2) is 3.98. The highest BCUT2D eigenvalue weighted by atomic mass is 32.2. The average molecular weight is 269 g/mol. The zero-order valence-electron chi connectivity index (χ0n) is 10.5. The van der Waals surface area contributed by atoms with E-state index in [-0.39, 0.29) is 0 Å². The third-order valence-corrected chi connectivity index (χ3v) is 5.73. The van der Waals surface area contributed by atoms with Crippen LogP contribution in [0.3, 0.4) is 0 Å². The van der Waals surface area contributed by atoms with Crippen LogP contribution in [-0.4, -0.2) is 31.5 Å². The molecule has 0 bridgehead atoms. The Morgan fingerprint density at radius 1 is 1.28 bits per heavy atom. The molecule has 0 N–H and O–H groups in total. The number of amides is 1. The highest BCUT2D eigenvalue weighted by Gasteiger charge is 2.63. The fourth-order valence-electron chi connectivity index (χ4n) is 2.48. The van der Waals surface area contributed by atoms with Crippen molar-refractivity contribution in [3.8, 4) is 0 Å². The molecule has 2 rings (SSSR count). The van der Waals surface area contributed by atoms with Gasteiger partial charge in [0.15, 0.2) is 0 Å². The molecule has 1 fully saturated rings. The first-order valence-electron chi connectivity index (χ1n) is 5.50. The molecule has 98 valence electrons. The van der Waals surface area contributed by atoms with E-state index < -0.39 is 26.9 Å². The fourth-order valence-corrected chi connectivity index (χ4v) is 4.91. The van der Waals surface area contributed by atoms with Gasteiger partial charge in [-0.3, -0.25) is 0 Å². The number of nitrogens with zero attached hydrogens (tertiary/aromatic N) is 1. The van der Waals surface area contributed by atoms with Crippen molar-refractivity contribution in [2.75, 3.05) is 7.11 Å². The molecule has 0 aromatic heterocycles. The Morgan fingerprint density at radius 3 is 2.28 bits per heavy atom. The maximum Gasteiger partial charge on any atom is 0.423 e. The SMILES string of the molecule is COC(=O)N1C(C)(C)[C@@H](c2ccccc2)S1(=O)=O. The van der Waals surface area contributed by atoms with Crippen LogP contribution in [-0.2, 0) is 14.8 Å². The van der Waals surface area contributed by atoms with Gasteiger partial charge < -0.3 is 4.74 Å². The number of benzene rings is 1. The summed E-state index contributed by atoms with van der Waals surface area (Å²) in [6.45, 7) is 3.42. The van der Waals surface area contributed by atoms with Crippen molar-refractivity contribution < 1.29 is 17.9 Å². The van der Waals surface area contributed by atoms with Gasteiger partial charge >= 0.3 is 6.09 Å². The Balaban J connectivity index is 2.45. The Hall–Kier alpha value is -1.56. The first kappa shape index (κ1) is 12.9. The minimum atomic E-state index is -3.68. The molecule has 6 heteroatoms. The largest absolute Gasteiger partial charge is 0.452 e. The van der Waals surface area contributed by atoms with E-state index in [0.717, 1.165) is 4.31 Å². The van der Waals surface area contributed by atoms with E-state index in [9.17, 15) is 13.2 Å². The number of sulfonamides is 1. The molecule has 1 aromatic carbocycles. The van der Waals surface area contributed by atoms with Crippen LogP contribution in [0.1, 0.15) is 24.7 Å². The van der Waals surface area contributed by atoms with E-state index in [1.54, 1.807) is 38.1 Å². The van der Waals surface area contributed by atoms with Gasteiger partial charge in [-0.1, -0.05) is 30.3 Å². The molecular weight excluding hydrogens is 254 g/mol. The lowest BCUT2D eigenvalue weighted by Gasteiger charge is -2.52. The molecular formula is C12H15NO4S. The van der Waals surface area contributed by atoms with Crippen LogP contribution in [0.2, 0.25) is 0 Å². The molecule has 1 aliphatic heterocycles. The van der Waals surface area contributed by atoms with Crippen molar-refractivity contribution in [1.29, 1.82) is 0 Å². The molecule has 0 aliphatic carbocycles. The molecule has 5 nitrogen and oxygen atoms in total. The Bertz CT molecular complexity index is 565. The van der Waals surface area contributed by atoms with Gasteiger partial charge in [-0.2, -0.15) is 4.31 Å². The van der Waals surface area contributed by atoms with Crippen LogP contribution >= 0.6 is 0 Å². The van der Waals surface area contributed by atoms with Gasteiger partial charge in [0.1, 0.15) is 5.25 Å². The molecule has 1 saturated heterocycles. The average Bonchev–Trinajstić information content (AvgIpc) is 2.28. The first-order chi connectivity index (χ1) is 8.33. The van der Waals surface area contributed by atoms with Crippen molar-refractivity contribution in [2.45, 2.75) is 24.6 Å². The monoisotopic (exact) mass is 269 g/mol. The summed E-state index contributed by atoms with van der Waals surface area (Å²) in [5.74, 6) is 0. The van der Waals surface area contributed by atoms with Crippen LogP contribution in [0.5, 0.6) is 0 Å². The second-order valence-corrected chi connectivity index (χ2v) is 6.59. The predicted molar refractivity (Wildman–Crippen MR) is 66.4 cm³/mol. The third-order valence-electron chi connectivity index (χ3n) is 3.16. The van der Waals surface area contributed by atoms with Crippen molar-refractivity contribution in [3.63, 3.8) is 0 Å². The molecule has 1 amide bonds. The van der Waals surface area contributed by atoms with Crippen LogP contribution in [0.4, 0.5) is 4.79 Å². The lowest BCUT2D eigenvalue weighted by Crippen LogP contribution is -2.67. The number of methoxy groups -OCH3 is 1.